The fraction of sp³-hybridized carbons (Fsp3) is 0.381. The third-order valence-corrected chi connectivity index (χ3v) is 4.89. The van der Waals surface area contributed by atoms with Crippen molar-refractivity contribution in [2.75, 3.05) is 26.3 Å². The Hall–Kier alpha value is -1.88. The summed E-state index contributed by atoms with van der Waals surface area (Å²) in [5.74, 6) is 0.952. The highest BCUT2D eigenvalue weighted by Crippen LogP contribution is 2.24. The van der Waals surface area contributed by atoms with Crippen LogP contribution in [0.2, 0.25) is 5.02 Å². The molecule has 26 heavy (non-hydrogen) atoms. The van der Waals surface area contributed by atoms with Gasteiger partial charge in [0.25, 0.3) is 0 Å². The highest BCUT2D eigenvalue weighted by molar-refractivity contribution is 6.31. The highest BCUT2D eigenvalue weighted by Gasteiger charge is 2.26. The molecule has 3 rings (SSSR count). The van der Waals surface area contributed by atoms with Gasteiger partial charge in [-0.15, -0.1) is 0 Å². The summed E-state index contributed by atoms with van der Waals surface area (Å²) in [6.45, 7) is 2.83. The summed E-state index contributed by atoms with van der Waals surface area (Å²) in [6, 6.07) is 15.1. The molecule has 0 unspecified atom stereocenters. The first-order valence-corrected chi connectivity index (χ1v) is 9.38. The van der Waals surface area contributed by atoms with Crippen molar-refractivity contribution in [1.82, 2.24) is 4.90 Å². The molecule has 138 valence electrons. The van der Waals surface area contributed by atoms with Crippen molar-refractivity contribution in [3.63, 3.8) is 0 Å². The number of rotatable bonds is 7. The number of carbonyl (C=O) groups excluding carboxylic acids is 1. The molecule has 0 spiro atoms. The highest BCUT2D eigenvalue weighted by atomic mass is 35.5. The van der Waals surface area contributed by atoms with Crippen molar-refractivity contribution in [3.8, 4) is 5.75 Å². The first-order chi connectivity index (χ1) is 12.7. The van der Waals surface area contributed by atoms with Crippen LogP contribution in [-0.2, 0) is 6.54 Å². The Kier molecular flexibility index (Phi) is 6.67. The maximum atomic E-state index is 12.8. The molecule has 1 aliphatic heterocycles. The Morgan fingerprint density at radius 3 is 2.88 bits per heavy atom. The molecule has 2 aromatic carbocycles. The Bertz CT molecular complexity index is 750. The van der Waals surface area contributed by atoms with Gasteiger partial charge in [-0.1, -0.05) is 35.9 Å². The second kappa shape index (κ2) is 9.17. The number of benzene rings is 2. The molecular weight excluding hydrogens is 350 g/mol. The van der Waals surface area contributed by atoms with E-state index in [0.717, 1.165) is 43.8 Å². The molecule has 1 fully saturated rings. The van der Waals surface area contributed by atoms with Crippen molar-refractivity contribution in [3.05, 3.63) is 64.7 Å². The van der Waals surface area contributed by atoms with Crippen LogP contribution in [0.25, 0.3) is 0 Å². The standard InChI is InChI=1S/C21H24ClNO3/c22-19-7-2-5-17(13-19)21(25)18-6-3-9-23(15-18)14-16-4-1-8-20(12-16)26-11-10-24/h1-2,4-5,7-8,12-13,18,24H,3,6,9-11,14-15H2/t18-/m1/s1. The molecule has 1 saturated heterocycles. The number of aliphatic hydroxyl groups is 1. The lowest BCUT2D eigenvalue weighted by atomic mass is 9.90. The van der Waals surface area contributed by atoms with E-state index in [2.05, 4.69) is 11.0 Å². The maximum absolute atomic E-state index is 12.8. The maximum Gasteiger partial charge on any atom is 0.167 e. The van der Waals surface area contributed by atoms with Crippen molar-refractivity contribution >= 4 is 17.4 Å². The molecule has 0 radical (unpaired) electrons. The molecular formula is C21H24ClNO3. The predicted octanol–water partition coefficient (Wildman–Crippen LogP) is 3.81. The summed E-state index contributed by atoms with van der Waals surface area (Å²) in [4.78, 5) is 15.1. The predicted molar refractivity (Wildman–Crippen MR) is 103 cm³/mol. The van der Waals surface area contributed by atoms with E-state index in [-0.39, 0.29) is 18.3 Å². The van der Waals surface area contributed by atoms with E-state index in [9.17, 15) is 4.79 Å². The van der Waals surface area contributed by atoms with E-state index < -0.39 is 0 Å². The van der Waals surface area contributed by atoms with Crippen molar-refractivity contribution in [2.24, 2.45) is 5.92 Å². The monoisotopic (exact) mass is 373 g/mol. The SMILES string of the molecule is O=C(c1cccc(Cl)c1)[C@@H]1CCCN(Cc2cccc(OCCO)c2)C1. The number of ether oxygens (including phenoxy) is 1. The van der Waals surface area contributed by atoms with E-state index in [1.54, 1.807) is 12.1 Å². The van der Waals surface area contributed by atoms with Crippen LogP contribution in [0.1, 0.15) is 28.8 Å². The first-order valence-electron chi connectivity index (χ1n) is 9.00. The minimum absolute atomic E-state index is 0.00362. The number of ketones is 1. The summed E-state index contributed by atoms with van der Waals surface area (Å²) in [7, 11) is 0. The number of Topliss-reactive ketones (excluding diaryl/α,β-unsaturated/α-hetero) is 1. The minimum atomic E-state index is 0.00362. The van der Waals surface area contributed by atoms with Gasteiger partial charge in [0.15, 0.2) is 5.78 Å². The van der Waals surface area contributed by atoms with Crippen LogP contribution >= 0.6 is 11.6 Å². The summed E-state index contributed by atoms with van der Waals surface area (Å²) in [5, 5.41) is 9.48. The van der Waals surface area contributed by atoms with Crippen LogP contribution in [0, 0.1) is 5.92 Å². The summed E-state index contributed by atoms with van der Waals surface area (Å²) in [5.41, 5.74) is 1.85. The van der Waals surface area contributed by atoms with Crippen molar-refractivity contribution in [1.29, 1.82) is 0 Å². The van der Waals surface area contributed by atoms with Crippen LogP contribution in [-0.4, -0.2) is 42.1 Å². The molecule has 0 aliphatic carbocycles. The topological polar surface area (TPSA) is 49.8 Å². The second-order valence-electron chi connectivity index (χ2n) is 6.67. The van der Waals surface area contributed by atoms with Gasteiger partial charge in [-0.05, 0) is 49.2 Å². The van der Waals surface area contributed by atoms with E-state index in [1.165, 1.54) is 0 Å². The summed E-state index contributed by atoms with van der Waals surface area (Å²) in [6.07, 6.45) is 1.93. The van der Waals surface area contributed by atoms with Gasteiger partial charge in [-0.3, -0.25) is 9.69 Å². The fourth-order valence-electron chi connectivity index (χ4n) is 3.45. The molecule has 0 amide bonds. The molecule has 0 bridgehead atoms. The van der Waals surface area contributed by atoms with Gasteiger partial charge in [0.05, 0.1) is 6.61 Å². The Balaban J connectivity index is 1.62. The number of piperidine rings is 1. The zero-order valence-electron chi connectivity index (χ0n) is 14.7. The number of aliphatic hydroxyl groups excluding tert-OH is 1. The average Bonchev–Trinajstić information content (AvgIpc) is 2.66. The smallest absolute Gasteiger partial charge is 0.167 e. The molecule has 0 aromatic heterocycles. The van der Waals surface area contributed by atoms with Crippen LogP contribution in [0.4, 0.5) is 0 Å². The minimum Gasteiger partial charge on any atom is -0.491 e. The molecule has 4 nitrogen and oxygen atoms in total. The van der Waals surface area contributed by atoms with E-state index >= 15 is 0 Å². The van der Waals surface area contributed by atoms with Crippen LogP contribution in [0.5, 0.6) is 5.75 Å². The normalized spacial score (nSPS) is 17.8. The molecule has 0 saturated carbocycles. The number of nitrogens with zero attached hydrogens (tertiary/aromatic N) is 1. The van der Waals surface area contributed by atoms with Gasteiger partial charge < -0.3 is 9.84 Å². The van der Waals surface area contributed by atoms with Gasteiger partial charge in [0, 0.05) is 29.6 Å². The average molecular weight is 374 g/mol. The lowest BCUT2D eigenvalue weighted by molar-refractivity contribution is 0.0811. The van der Waals surface area contributed by atoms with E-state index in [0.29, 0.717) is 17.2 Å². The van der Waals surface area contributed by atoms with Crippen molar-refractivity contribution < 1.29 is 14.6 Å². The van der Waals surface area contributed by atoms with Gasteiger partial charge in [0.2, 0.25) is 0 Å². The zero-order valence-corrected chi connectivity index (χ0v) is 15.5. The third kappa shape index (κ3) is 5.07. The molecule has 2 aromatic rings. The number of halogens is 1. The van der Waals surface area contributed by atoms with Crippen LogP contribution < -0.4 is 4.74 Å². The van der Waals surface area contributed by atoms with Gasteiger partial charge in [0.1, 0.15) is 12.4 Å². The molecule has 5 heteroatoms. The molecule has 1 N–H and O–H groups in total. The summed E-state index contributed by atoms with van der Waals surface area (Å²) >= 11 is 6.02. The molecule has 1 aliphatic rings. The van der Waals surface area contributed by atoms with Crippen LogP contribution in [0.15, 0.2) is 48.5 Å². The second-order valence-corrected chi connectivity index (χ2v) is 7.10. The quantitative estimate of drug-likeness (QED) is 0.750. The zero-order chi connectivity index (χ0) is 18.4. The fourth-order valence-corrected chi connectivity index (χ4v) is 3.64. The lowest BCUT2D eigenvalue weighted by Crippen LogP contribution is -2.38. The van der Waals surface area contributed by atoms with Gasteiger partial charge in [-0.25, -0.2) is 0 Å². The van der Waals surface area contributed by atoms with E-state index in [4.69, 9.17) is 21.4 Å². The number of carbonyl (C=O) groups is 1. The molecule has 1 atom stereocenters. The number of hydrogen-bond donors (Lipinski definition) is 1. The first kappa shape index (κ1) is 18.9. The Morgan fingerprint density at radius 1 is 1.23 bits per heavy atom. The van der Waals surface area contributed by atoms with Gasteiger partial charge >= 0.3 is 0 Å². The number of likely N-dealkylation sites (tertiary alicyclic amines) is 1. The number of hydrogen-bond acceptors (Lipinski definition) is 4. The van der Waals surface area contributed by atoms with E-state index in [1.807, 2.05) is 30.3 Å². The van der Waals surface area contributed by atoms with Crippen molar-refractivity contribution in [2.45, 2.75) is 19.4 Å². The Labute approximate surface area is 159 Å². The largest absolute Gasteiger partial charge is 0.491 e. The lowest BCUT2D eigenvalue weighted by Gasteiger charge is -2.32. The summed E-state index contributed by atoms with van der Waals surface area (Å²) < 4.78 is 5.48. The molecule has 1 heterocycles. The van der Waals surface area contributed by atoms with Crippen LogP contribution in [0.3, 0.4) is 0 Å². The van der Waals surface area contributed by atoms with Gasteiger partial charge in [-0.2, -0.15) is 0 Å². The Morgan fingerprint density at radius 2 is 2.08 bits per heavy atom. The third-order valence-electron chi connectivity index (χ3n) is 4.65.